The van der Waals surface area contributed by atoms with Gasteiger partial charge < -0.3 is 9.84 Å². The second kappa shape index (κ2) is 9.00. The first-order chi connectivity index (χ1) is 13.9. The minimum atomic E-state index is -1.19. The molecule has 1 aliphatic heterocycles. The van der Waals surface area contributed by atoms with Crippen molar-refractivity contribution in [3.05, 3.63) is 65.7 Å². The number of ether oxygens (including phenoxy) is 1. The summed E-state index contributed by atoms with van der Waals surface area (Å²) in [5.74, 6) is -1.07. The first-order valence-corrected chi connectivity index (χ1v) is 9.65. The molecule has 3 amide bonds. The first-order valence-electron chi connectivity index (χ1n) is 9.13. The van der Waals surface area contributed by atoms with Gasteiger partial charge in [-0.3, -0.25) is 14.5 Å². The van der Waals surface area contributed by atoms with Crippen LogP contribution in [0.1, 0.15) is 23.6 Å². The molecule has 3 rings (SSSR count). The maximum Gasteiger partial charge on any atom is 0.329 e. The number of amides is 3. The molecule has 152 valence electrons. The molecule has 2 aromatic rings. The molecular formula is C21H22N2O5S. The predicted molar refractivity (Wildman–Crippen MR) is 110 cm³/mol. The molecule has 0 aromatic heterocycles. The number of benzene rings is 2. The lowest BCUT2D eigenvalue weighted by molar-refractivity contribution is -0.138. The highest BCUT2D eigenvalue weighted by Crippen LogP contribution is 2.34. The van der Waals surface area contributed by atoms with Crippen LogP contribution in [0.5, 0.6) is 5.75 Å². The average molecular weight is 414 g/mol. The smallest absolute Gasteiger partial charge is 0.329 e. The average Bonchev–Trinajstić information content (AvgIpc) is 2.96. The summed E-state index contributed by atoms with van der Waals surface area (Å²) in [6.45, 7) is -0.572. The van der Waals surface area contributed by atoms with Gasteiger partial charge in [0.05, 0.1) is 12.5 Å². The molecule has 1 heterocycles. The highest BCUT2D eigenvalue weighted by molar-refractivity contribution is 7.80. The number of imide groups is 1. The number of hydrogen-bond donors (Lipinski definition) is 2. The van der Waals surface area contributed by atoms with E-state index in [4.69, 9.17) is 4.74 Å². The summed E-state index contributed by atoms with van der Waals surface area (Å²) in [4.78, 5) is 39.4. The van der Waals surface area contributed by atoms with Gasteiger partial charge in [0, 0.05) is 0 Å². The molecule has 1 aliphatic rings. The normalized spacial score (nSPS) is 17.5. The fourth-order valence-corrected chi connectivity index (χ4v) is 3.71. The SMILES string of the molecule is COc1ccc(C2C(=O)N(C(S)CCc3ccccc3)C(=O)N2CC(=O)O)cc1. The third-order valence-electron chi connectivity index (χ3n) is 4.80. The van der Waals surface area contributed by atoms with Gasteiger partial charge in [-0.05, 0) is 36.1 Å². The number of thiol groups is 1. The standard InChI is InChI=1S/C21H22N2O5S/c1-28-16-10-8-15(9-11-16)19-20(26)23(21(27)22(19)13-18(24)25)17(29)12-7-14-5-3-2-4-6-14/h2-6,8-11,17,19,29H,7,12-13H2,1H3,(H,24,25). The number of hydrogen-bond acceptors (Lipinski definition) is 5. The quantitative estimate of drug-likeness (QED) is 0.512. The predicted octanol–water partition coefficient (Wildman–Crippen LogP) is 2.97. The Kier molecular flexibility index (Phi) is 6.43. The number of nitrogens with zero attached hydrogens (tertiary/aromatic N) is 2. The summed E-state index contributed by atoms with van der Waals surface area (Å²) in [5, 5.41) is 8.58. The molecule has 2 aromatic carbocycles. The van der Waals surface area contributed by atoms with Crippen molar-refractivity contribution >= 4 is 30.5 Å². The zero-order chi connectivity index (χ0) is 21.0. The van der Waals surface area contributed by atoms with Crippen LogP contribution in [0, 0.1) is 0 Å². The summed E-state index contributed by atoms with van der Waals surface area (Å²) in [7, 11) is 1.52. The Balaban J connectivity index is 1.83. The van der Waals surface area contributed by atoms with Gasteiger partial charge in [-0.25, -0.2) is 9.69 Å². The zero-order valence-electron chi connectivity index (χ0n) is 15.9. The van der Waals surface area contributed by atoms with Gasteiger partial charge in [0.1, 0.15) is 18.3 Å². The Hall–Kier alpha value is -3.00. The van der Waals surface area contributed by atoms with Crippen molar-refractivity contribution in [2.45, 2.75) is 24.3 Å². The summed E-state index contributed by atoms with van der Waals surface area (Å²) in [6.07, 6.45) is 1.10. The van der Waals surface area contributed by atoms with Crippen molar-refractivity contribution in [1.82, 2.24) is 9.80 Å². The molecule has 0 radical (unpaired) electrons. The van der Waals surface area contributed by atoms with Crippen molar-refractivity contribution in [2.75, 3.05) is 13.7 Å². The van der Waals surface area contributed by atoms with Crippen molar-refractivity contribution in [1.29, 1.82) is 0 Å². The van der Waals surface area contributed by atoms with Crippen LogP contribution in [-0.4, -0.2) is 51.8 Å². The second-order valence-corrected chi connectivity index (χ2v) is 7.29. The third kappa shape index (κ3) is 4.54. The van der Waals surface area contributed by atoms with E-state index in [1.54, 1.807) is 24.3 Å². The van der Waals surface area contributed by atoms with Crippen molar-refractivity contribution < 1.29 is 24.2 Å². The molecule has 1 saturated heterocycles. The van der Waals surface area contributed by atoms with Crippen LogP contribution < -0.4 is 4.74 Å². The third-order valence-corrected chi connectivity index (χ3v) is 5.29. The van der Waals surface area contributed by atoms with Gasteiger partial charge in [0.25, 0.3) is 5.91 Å². The summed E-state index contributed by atoms with van der Waals surface area (Å²) >= 11 is 4.48. The Bertz CT molecular complexity index is 888. The van der Waals surface area contributed by atoms with Gasteiger partial charge in [-0.15, -0.1) is 0 Å². The van der Waals surface area contributed by atoms with Crippen molar-refractivity contribution in [3.8, 4) is 5.75 Å². The molecule has 1 N–H and O–H groups in total. The van der Waals surface area contributed by atoms with Gasteiger partial charge in [-0.2, -0.15) is 12.6 Å². The number of aryl methyl sites for hydroxylation is 1. The molecule has 0 bridgehead atoms. The van der Waals surface area contributed by atoms with Crippen molar-refractivity contribution in [3.63, 3.8) is 0 Å². The van der Waals surface area contributed by atoms with Crippen LogP contribution >= 0.6 is 12.6 Å². The van der Waals surface area contributed by atoms with Gasteiger partial charge >= 0.3 is 12.0 Å². The fraction of sp³-hybridized carbons (Fsp3) is 0.286. The van der Waals surface area contributed by atoms with E-state index >= 15 is 0 Å². The van der Waals surface area contributed by atoms with Gasteiger partial charge in [0.2, 0.25) is 0 Å². The van der Waals surface area contributed by atoms with Crippen LogP contribution in [0.3, 0.4) is 0 Å². The first kappa shape index (κ1) is 20.7. The summed E-state index contributed by atoms with van der Waals surface area (Å²) < 4.78 is 5.12. The lowest BCUT2D eigenvalue weighted by Gasteiger charge is -2.22. The number of carbonyl (C=O) groups excluding carboxylic acids is 2. The molecule has 0 aliphatic carbocycles. The van der Waals surface area contributed by atoms with Gasteiger partial charge in [0.15, 0.2) is 0 Å². The number of urea groups is 1. The van der Waals surface area contributed by atoms with E-state index in [1.807, 2.05) is 30.3 Å². The number of aliphatic carboxylic acids is 1. The molecule has 0 spiro atoms. The van der Waals surface area contributed by atoms with E-state index in [-0.39, 0.29) is 0 Å². The Morgan fingerprint density at radius 3 is 2.38 bits per heavy atom. The lowest BCUT2D eigenvalue weighted by Crippen LogP contribution is -2.40. The maximum absolute atomic E-state index is 13.1. The largest absolute Gasteiger partial charge is 0.497 e. The molecular weight excluding hydrogens is 392 g/mol. The molecule has 2 unspecified atom stereocenters. The molecule has 0 saturated carbocycles. The molecule has 7 nitrogen and oxygen atoms in total. The number of methoxy groups -OCH3 is 1. The highest BCUT2D eigenvalue weighted by Gasteiger charge is 2.48. The van der Waals surface area contributed by atoms with Crippen LogP contribution in [-0.2, 0) is 16.0 Å². The van der Waals surface area contributed by atoms with E-state index in [1.165, 1.54) is 7.11 Å². The Morgan fingerprint density at radius 1 is 1.14 bits per heavy atom. The molecule has 8 heteroatoms. The summed E-state index contributed by atoms with van der Waals surface area (Å²) in [5.41, 5.74) is 1.59. The van der Waals surface area contributed by atoms with E-state index < -0.39 is 35.9 Å². The highest BCUT2D eigenvalue weighted by atomic mass is 32.1. The number of carboxylic acids is 1. The zero-order valence-corrected chi connectivity index (χ0v) is 16.8. The van der Waals surface area contributed by atoms with E-state index in [0.717, 1.165) is 15.4 Å². The number of rotatable bonds is 8. The minimum Gasteiger partial charge on any atom is -0.497 e. The molecule has 2 atom stereocenters. The minimum absolute atomic E-state index is 0.459. The summed E-state index contributed by atoms with van der Waals surface area (Å²) in [6, 6.07) is 14.7. The number of carbonyl (C=O) groups is 3. The van der Waals surface area contributed by atoms with Crippen LogP contribution in [0.2, 0.25) is 0 Å². The molecule has 29 heavy (non-hydrogen) atoms. The van der Waals surface area contributed by atoms with E-state index in [9.17, 15) is 19.5 Å². The Labute approximate surface area is 174 Å². The lowest BCUT2D eigenvalue weighted by atomic mass is 10.1. The van der Waals surface area contributed by atoms with Gasteiger partial charge in [-0.1, -0.05) is 42.5 Å². The fourth-order valence-electron chi connectivity index (χ4n) is 3.37. The van der Waals surface area contributed by atoms with Crippen LogP contribution in [0.4, 0.5) is 4.79 Å². The second-order valence-electron chi connectivity index (χ2n) is 6.69. The monoisotopic (exact) mass is 414 g/mol. The van der Waals surface area contributed by atoms with Crippen LogP contribution in [0.25, 0.3) is 0 Å². The van der Waals surface area contributed by atoms with Crippen molar-refractivity contribution in [2.24, 2.45) is 0 Å². The number of carboxylic acid groups (broad SMARTS) is 1. The van der Waals surface area contributed by atoms with E-state index in [0.29, 0.717) is 24.2 Å². The topological polar surface area (TPSA) is 87.2 Å². The van der Waals surface area contributed by atoms with Crippen LogP contribution in [0.15, 0.2) is 54.6 Å². The maximum atomic E-state index is 13.1. The Morgan fingerprint density at radius 2 is 1.79 bits per heavy atom. The van der Waals surface area contributed by atoms with E-state index in [2.05, 4.69) is 12.6 Å². The molecule has 1 fully saturated rings.